The van der Waals surface area contributed by atoms with Gasteiger partial charge in [-0.15, -0.1) is 0 Å². The quantitative estimate of drug-likeness (QED) is 0.418. The summed E-state index contributed by atoms with van der Waals surface area (Å²) in [5.74, 6) is -0.845. The molecule has 8 heavy (non-hydrogen) atoms. The minimum atomic E-state index is -0.845. The maximum Gasteiger partial charge on any atom is 2.00 e. The van der Waals surface area contributed by atoms with E-state index in [0.717, 1.165) is 0 Å². The molecule has 0 saturated heterocycles. The summed E-state index contributed by atoms with van der Waals surface area (Å²) in [6.45, 7) is 3.26. The van der Waals surface area contributed by atoms with Crippen LogP contribution in [0.25, 0.3) is 0 Å². The number of carboxylic acids is 1. The second kappa shape index (κ2) is 5.12. The Labute approximate surface area is 67.7 Å². The maximum absolute atomic E-state index is 9.86. The van der Waals surface area contributed by atoms with Crippen molar-refractivity contribution in [3.63, 3.8) is 0 Å². The molecule has 44 valence electrons. The van der Waals surface area contributed by atoms with Gasteiger partial charge in [0.05, 0.1) is 0 Å². The molecule has 0 aromatic carbocycles. The van der Waals surface area contributed by atoms with Crippen LogP contribution in [-0.2, 0) is 4.79 Å². The Hall–Kier alpha value is -0.0238. The molecule has 0 spiro atoms. The molecule has 0 aliphatic rings. The topological polar surface area (TPSA) is 37.3 Å². The predicted molar refractivity (Wildman–Crippen MR) is 35.0 cm³/mol. The second-order valence-electron chi connectivity index (χ2n) is 1.28. The van der Waals surface area contributed by atoms with E-state index in [1.807, 2.05) is 0 Å². The zero-order valence-electron chi connectivity index (χ0n) is 7.14. The van der Waals surface area contributed by atoms with Gasteiger partial charge in [0.2, 0.25) is 0 Å². The van der Waals surface area contributed by atoms with Crippen molar-refractivity contribution < 1.29 is 12.8 Å². The number of carbonyl (C=O) groups is 1. The van der Waals surface area contributed by atoms with E-state index in [-0.39, 0.29) is 25.9 Å². The van der Waals surface area contributed by atoms with Crippen LogP contribution in [0.3, 0.4) is 0 Å². The van der Waals surface area contributed by atoms with Crippen LogP contribution in [-0.4, -0.2) is 34.1 Å². The zero-order valence-corrected chi connectivity index (χ0v) is 6.55. The Bertz CT molecular complexity index is 114. The first-order valence-corrected chi connectivity index (χ1v) is 2.04. The van der Waals surface area contributed by atoms with Crippen molar-refractivity contribution in [2.45, 2.75) is 13.8 Å². The van der Waals surface area contributed by atoms with E-state index in [2.05, 4.69) is 0 Å². The van der Waals surface area contributed by atoms with Gasteiger partial charge in [-0.25, -0.2) is 4.79 Å². The van der Waals surface area contributed by atoms with Crippen molar-refractivity contribution in [1.82, 2.24) is 0 Å². The van der Waals surface area contributed by atoms with Gasteiger partial charge in [-0.1, -0.05) is 6.08 Å². The second-order valence-corrected chi connectivity index (χ2v) is 1.28. The monoisotopic (exact) mass is 126 g/mol. The van der Waals surface area contributed by atoms with Crippen LogP contribution in [0.2, 0.25) is 0 Å². The summed E-state index contributed by atoms with van der Waals surface area (Å²) >= 11 is 0. The Morgan fingerprint density at radius 2 is 2.12 bits per heavy atom. The largest absolute Gasteiger partial charge is 2.00 e. The molecule has 0 aromatic rings. The Morgan fingerprint density at radius 3 is 2.12 bits per heavy atom. The smallest absolute Gasteiger partial charge is 1.00 e. The van der Waals surface area contributed by atoms with Crippen molar-refractivity contribution >= 4 is 29.0 Å². The molecule has 0 atom stereocenters. The van der Waals surface area contributed by atoms with Gasteiger partial charge in [-0.2, -0.15) is 0 Å². The predicted octanol–water partition coefficient (Wildman–Crippen LogP) is 0.881. The van der Waals surface area contributed by atoms with E-state index >= 15 is 0 Å². The van der Waals surface area contributed by atoms with Crippen LogP contribution in [0.1, 0.15) is 16.7 Å². The Balaban J connectivity index is -0.0000000600. The molecule has 0 aliphatic heterocycles. The van der Waals surface area contributed by atoms with Gasteiger partial charge < -0.3 is 7.96 Å². The molecular weight excluding hydrogens is 116 g/mol. The van der Waals surface area contributed by atoms with E-state index in [0.29, 0.717) is 5.57 Å². The summed E-state index contributed by atoms with van der Waals surface area (Å²) in [6.07, 6.45) is 1.56. The van der Waals surface area contributed by atoms with Crippen LogP contribution in [0.4, 0.5) is 0 Å². The first kappa shape index (κ1) is 10.9. The molecule has 0 fully saturated rings. The van der Waals surface area contributed by atoms with Crippen LogP contribution in [0, 0.1) is 0 Å². The number of rotatable bonds is 1. The molecule has 0 aliphatic carbocycles. The molecular formula is C5H10MgO2. The van der Waals surface area contributed by atoms with E-state index in [1.165, 1.54) is 0 Å². The summed E-state index contributed by atoms with van der Waals surface area (Å²) in [5.41, 5.74) is 0.389. The van der Waals surface area contributed by atoms with Crippen LogP contribution < -0.4 is 0 Å². The zero-order chi connectivity index (χ0) is 5.86. The Kier molecular flexibility index (Phi) is 6.96. The molecule has 0 heterocycles. The molecule has 2 nitrogen and oxygen atoms in total. The molecule has 0 saturated carbocycles. The number of aliphatic carboxylic acids is 1. The first-order valence-electron chi connectivity index (χ1n) is 2.04. The SMILES string of the molecule is CC=C(C)C(=O)O.[H-].[H-].[Mg+2]. The minimum absolute atomic E-state index is 0. The van der Waals surface area contributed by atoms with Crippen LogP contribution in [0.15, 0.2) is 11.6 Å². The van der Waals surface area contributed by atoms with Gasteiger partial charge in [0.25, 0.3) is 0 Å². The maximum atomic E-state index is 9.86. The van der Waals surface area contributed by atoms with Crippen molar-refractivity contribution in [1.29, 1.82) is 0 Å². The standard InChI is InChI=1S/C5H8O2.Mg.2H/c1-3-4(2)5(6)7;;;/h3H,1-2H3,(H,6,7);;;/q;+2;2*-1. The van der Waals surface area contributed by atoms with E-state index in [9.17, 15) is 4.79 Å². The van der Waals surface area contributed by atoms with Gasteiger partial charge >= 0.3 is 29.0 Å². The fourth-order valence-electron chi connectivity index (χ4n) is 0.123. The molecule has 0 amide bonds. The third-order valence-corrected chi connectivity index (χ3v) is 0.770. The van der Waals surface area contributed by atoms with Crippen molar-refractivity contribution in [2.75, 3.05) is 0 Å². The van der Waals surface area contributed by atoms with Gasteiger partial charge in [0, 0.05) is 5.57 Å². The number of hydrogen-bond acceptors (Lipinski definition) is 1. The van der Waals surface area contributed by atoms with Crippen molar-refractivity contribution in [3.05, 3.63) is 11.6 Å². The van der Waals surface area contributed by atoms with E-state index in [1.54, 1.807) is 19.9 Å². The molecule has 1 N–H and O–H groups in total. The minimum Gasteiger partial charge on any atom is -1.00 e. The summed E-state index contributed by atoms with van der Waals surface area (Å²) < 4.78 is 0. The van der Waals surface area contributed by atoms with Gasteiger partial charge in [-0.3, -0.25) is 0 Å². The summed E-state index contributed by atoms with van der Waals surface area (Å²) in [7, 11) is 0. The van der Waals surface area contributed by atoms with Crippen LogP contribution in [0.5, 0.6) is 0 Å². The molecule has 0 radical (unpaired) electrons. The summed E-state index contributed by atoms with van der Waals surface area (Å²) in [5, 5.41) is 8.11. The van der Waals surface area contributed by atoms with Crippen molar-refractivity contribution in [2.24, 2.45) is 0 Å². The van der Waals surface area contributed by atoms with Gasteiger partial charge in [0.1, 0.15) is 0 Å². The molecule has 0 rings (SSSR count). The fraction of sp³-hybridized carbons (Fsp3) is 0.400. The molecule has 3 heteroatoms. The average molecular weight is 126 g/mol. The summed E-state index contributed by atoms with van der Waals surface area (Å²) in [4.78, 5) is 9.86. The van der Waals surface area contributed by atoms with E-state index < -0.39 is 5.97 Å². The number of carboxylic acid groups (broad SMARTS) is 1. The van der Waals surface area contributed by atoms with Crippen molar-refractivity contribution in [3.8, 4) is 0 Å². The average Bonchev–Trinajstić information content (AvgIpc) is 1.65. The third kappa shape index (κ3) is 4.14. The fourth-order valence-corrected chi connectivity index (χ4v) is 0.123. The van der Waals surface area contributed by atoms with E-state index in [4.69, 9.17) is 5.11 Å². The number of hydrogen-bond donors (Lipinski definition) is 1. The first-order chi connectivity index (χ1) is 3.18. The number of allylic oxidation sites excluding steroid dienone is 1. The van der Waals surface area contributed by atoms with Gasteiger partial charge in [-0.05, 0) is 13.8 Å². The molecule has 0 unspecified atom stereocenters. The molecule has 0 aromatic heterocycles. The normalized spacial score (nSPS) is 10.0. The van der Waals surface area contributed by atoms with Gasteiger partial charge in [0.15, 0.2) is 0 Å². The van der Waals surface area contributed by atoms with Crippen LogP contribution >= 0.6 is 0 Å². The third-order valence-electron chi connectivity index (χ3n) is 0.770. The Morgan fingerprint density at radius 1 is 1.75 bits per heavy atom. The molecule has 0 bridgehead atoms. The summed E-state index contributed by atoms with van der Waals surface area (Å²) in [6, 6.07) is 0.